The van der Waals surface area contributed by atoms with Crippen LogP contribution in [-0.2, 0) is 16.6 Å². The van der Waals surface area contributed by atoms with Gasteiger partial charge in [-0.15, -0.1) is 0 Å². The molecule has 2 N–H and O–H groups in total. The van der Waals surface area contributed by atoms with Gasteiger partial charge in [-0.25, -0.2) is 0 Å². The molecule has 4 aliphatic rings. The molecule has 0 radical (unpaired) electrons. The lowest BCUT2D eigenvalue weighted by Gasteiger charge is -2.63. The number of hydrogen-bond donors (Lipinski definition) is 2. The maximum Gasteiger partial charge on any atom is 0.196 e. The molecule has 0 aromatic heterocycles. The number of phenols is 1. The fraction of sp³-hybridized carbons (Fsp3) is 0.625. The zero-order valence-electron chi connectivity index (χ0n) is 17.7. The van der Waals surface area contributed by atoms with E-state index in [9.17, 15) is 9.90 Å². The summed E-state index contributed by atoms with van der Waals surface area (Å²) in [5.74, 6) is 0.716. The molecule has 2 aliphatic carbocycles. The highest BCUT2D eigenvalue weighted by Crippen LogP contribution is 2.63. The third kappa shape index (κ3) is 2.37. The van der Waals surface area contributed by atoms with Gasteiger partial charge in [0.05, 0.1) is 11.0 Å². The lowest BCUT2D eigenvalue weighted by atomic mass is 9.49. The Morgan fingerprint density at radius 1 is 1.38 bits per heavy atom. The molecule has 2 aliphatic heterocycles. The van der Waals surface area contributed by atoms with Gasteiger partial charge in [-0.05, 0) is 57.5 Å². The van der Waals surface area contributed by atoms with Gasteiger partial charge in [0.15, 0.2) is 23.4 Å². The molecule has 5 heteroatoms. The topological polar surface area (TPSA) is 61.8 Å². The van der Waals surface area contributed by atoms with Crippen molar-refractivity contribution in [2.75, 3.05) is 13.6 Å². The van der Waals surface area contributed by atoms with Gasteiger partial charge in [0, 0.05) is 17.6 Å². The monoisotopic (exact) mass is 396 g/mol. The van der Waals surface area contributed by atoms with Gasteiger partial charge < -0.3 is 20.1 Å². The van der Waals surface area contributed by atoms with E-state index in [4.69, 9.17) is 4.74 Å². The van der Waals surface area contributed by atoms with E-state index >= 15 is 0 Å². The minimum Gasteiger partial charge on any atom is -0.504 e. The first kappa shape index (κ1) is 19.1. The smallest absolute Gasteiger partial charge is 0.196 e. The number of likely N-dealkylation sites (N-methyl/N-ethyl adjacent to an activating group) is 1. The molecule has 5 rings (SSSR count). The molecule has 156 valence electrons. The normalized spacial score (nSPS) is 35.3. The number of phenolic OH excluding ortho intramolecular Hbond substituents is 1. The van der Waals surface area contributed by atoms with E-state index in [0.29, 0.717) is 11.8 Å². The molecule has 5 atom stereocenters. The van der Waals surface area contributed by atoms with Crippen LogP contribution in [0.4, 0.5) is 0 Å². The maximum absolute atomic E-state index is 13.0. The maximum atomic E-state index is 13.0. The fourth-order valence-electron chi connectivity index (χ4n) is 6.62. The Balaban J connectivity index is 1.67. The Hall–Kier alpha value is -1.85. The van der Waals surface area contributed by atoms with Gasteiger partial charge in [-0.3, -0.25) is 4.79 Å². The first-order valence-corrected chi connectivity index (χ1v) is 11.2. The van der Waals surface area contributed by atoms with Gasteiger partial charge in [-0.2, -0.15) is 0 Å². The number of nitrogens with zero attached hydrogens (tertiary/aromatic N) is 1. The minimum absolute atomic E-state index is 0.0211. The number of rotatable bonds is 6. The van der Waals surface area contributed by atoms with E-state index in [-0.39, 0.29) is 23.1 Å². The number of carbonyl (C=O) groups excluding carboxylic acids is 1. The molecule has 5 nitrogen and oxygen atoms in total. The summed E-state index contributed by atoms with van der Waals surface area (Å²) >= 11 is 0. The minimum atomic E-state index is -0.554. The Morgan fingerprint density at radius 2 is 2.21 bits per heavy atom. The molecule has 2 bridgehead atoms. The molecule has 1 spiro atoms. The molecule has 1 fully saturated rings. The van der Waals surface area contributed by atoms with Gasteiger partial charge in [0.2, 0.25) is 0 Å². The molecule has 29 heavy (non-hydrogen) atoms. The third-order valence-corrected chi connectivity index (χ3v) is 7.92. The number of carbonyl (C=O) groups is 1. The van der Waals surface area contributed by atoms with Crippen LogP contribution in [-0.4, -0.2) is 53.1 Å². The summed E-state index contributed by atoms with van der Waals surface area (Å²) in [5.41, 5.74) is 1.49. The van der Waals surface area contributed by atoms with E-state index in [1.807, 2.05) is 6.07 Å². The number of aromatic hydroxyl groups is 1. The summed E-state index contributed by atoms with van der Waals surface area (Å²) < 4.78 is 6.25. The Kier molecular flexibility index (Phi) is 4.34. The van der Waals surface area contributed by atoms with Crippen LogP contribution in [0.15, 0.2) is 24.3 Å². The highest BCUT2D eigenvalue weighted by molar-refractivity contribution is 5.99. The second-order valence-electron chi connectivity index (χ2n) is 9.51. The number of nitrogens with one attached hydrogen (secondary N) is 1. The largest absolute Gasteiger partial charge is 0.504 e. The van der Waals surface area contributed by atoms with E-state index in [0.717, 1.165) is 31.4 Å². The van der Waals surface area contributed by atoms with Crippen molar-refractivity contribution >= 4 is 5.78 Å². The number of ether oxygens (including phenoxy) is 1. The van der Waals surface area contributed by atoms with Crippen molar-refractivity contribution < 1.29 is 14.6 Å². The van der Waals surface area contributed by atoms with Crippen molar-refractivity contribution in [2.45, 2.75) is 81.5 Å². The lowest BCUT2D eigenvalue weighted by molar-refractivity contribution is -0.130. The van der Waals surface area contributed by atoms with Crippen molar-refractivity contribution in [2.24, 2.45) is 0 Å². The van der Waals surface area contributed by atoms with E-state index in [1.54, 1.807) is 12.1 Å². The second-order valence-corrected chi connectivity index (χ2v) is 9.51. The average Bonchev–Trinajstić information content (AvgIpc) is 3.05. The molecule has 0 saturated carbocycles. The Labute approximate surface area is 173 Å². The van der Waals surface area contributed by atoms with E-state index in [2.05, 4.69) is 37.2 Å². The number of ketones is 1. The van der Waals surface area contributed by atoms with Crippen molar-refractivity contribution in [3.05, 3.63) is 35.4 Å². The van der Waals surface area contributed by atoms with Crippen LogP contribution in [0, 0.1) is 0 Å². The van der Waals surface area contributed by atoms with Crippen LogP contribution < -0.4 is 10.1 Å². The average molecular weight is 397 g/mol. The van der Waals surface area contributed by atoms with Crippen LogP contribution in [0.1, 0.15) is 57.1 Å². The predicted octanol–water partition coefficient (Wildman–Crippen LogP) is 3.09. The first-order chi connectivity index (χ1) is 13.9. The molecular weight excluding hydrogens is 364 g/mol. The van der Waals surface area contributed by atoms with Crippen molar-refractivity contribution in [3.63, 3.8) is 0 Å². The van der Waals surface area contributed by atoms with Gasteiger partial charge in [0.1, 0.15) is 0 Å². The zero-order chi connectivity index (χ0) is 20.4. The zero-order valence-corrected chi connectivity index (χ0v) is 17.7. The van der Waals surface area contributed by atoms with Crippen LogP contribution in [0.5, 0.6) is 11.5 Å². The molecule has 2 heterocycles. The predicted molar refractivity (Wildman–Crippen MR) is 113 cm³/mol. The SMILES string of the molecule is CCCCCC(C)N[C@@]12C=CC(=O)[C@@H]3Oc4c(O)ccc5c4[C@@]31CCN(C)[C@@H]2C5. The Bertz CT molecular complexity index is 881. The number of unbranched alkanes of at least 4 members (excludes halogenated alkanes) is 2. The lowest BCUT2D eigenvalue weighted by Crippen LogP contribution is -2.80. The van der Waals surface area contributed by atoms with Crippen LogP contribution >= 0.6 is 0 Å². The van der Waals surface area contributed by atoms with Crippen LogP contribution in [0.25, 0.3) is 0 Å². The molecular formula is C24H32N2O3. The van der Waals surface area contributed by atoms with E-state index in [1.165, 1.54) is 24.8 Å². The summed E-state index contributed by atoms with van der Waals surface area (Å²) in [5, 5.41) is 14.6. The third-order valence-electron chi connectivity index (χ3n) is 7.92. The molecule has 1 saturated heterocycles. The van der Waals surface area contributed by atoms with Crippen molar-refractivity contribution in [1.29, 1.82) is 0 Å². The first-order valence-electron chi connectivity index (χ1n) is 11.2. The van der Waals surface area contributed by atoms with Gasteiger partial charge >= 0.3 is 0 Å². The molecule has 0 amide bonds. The second kappa shape index (κ2) is 6.58. The summed E-state index contributed by atoms with van der Waals surface area (Å²) in [6.07, 6.45) is 9.85. The molecule has 1 unspecified atom stereocenters. The van der Waals surface area contributed by atoms with Crippen LogP contribution in [0.2, 0.25) is 0 Å². The number of piperidine rings is 1. The number of likely N-dealkylation sites (tertiary alicyclic amines) is 1. The molecule has 1 aromatic carbocycles. The fourth-order valence-corrected chi connectivity index (χ4v) is 6.62. The van der Waals surface area contributed by atoms with Crippen molar-refractivity contribution in [3.8, 4) is 11.5 Å². The van der Waals surface area contributed by atoms with Crippen molar-refractivity contribution in [1.82, 2.24) is 10.2 Å². The summed E-state index contributed by atoms with van der Waals surface area (Å²) in [7, 11) is 2.20. The summed E-state index contributed by atoms with van der Waals surface area (Å²) in [6, 6.07) is 4.35. The quantitative estimate of drug-likeness (QED) is 0.724. The standard InChI is InChI=1S/C24H32N2O3/c1-4-5-6-7-15(2)25-24-11-10-18(28)22-23(24)12-13-26(3)19(24)14-16-8-9-17(27)21(29-22)20(16)23/h8-11,15,19,22,25,27H,4-7,12-14H2,1-3H3/t15?,19-,22+,23+,24-/m1/s1. The molecule has 1 aromatic rings. The highest BCUT2D eigenvalue weighted by atomic mass is 16.5. The van der Waals surface area contributed by atoms with Gasteiger partial charge in [-0.1, -0.05) is 38.3 Å². The number of benzene rings is 1. The number of hydrogen-bond acceptors (Lipinski definition) is 5. The van der Waals surface area contributed by atoms with Gasteiger partial charge in [0.25, 0.3) is 0 Å². The van der Waals surface area contributed by atoms with Crippen LogP contribution in [0.3, 0.4) is 0 Å². The highest BCUT2D eigenvalue weighted by Gasteiger charge is 2.71. The van der Waals surface area contributed by atoms with E-state index < -0.39 is 11.5 Å². The summed E-state index contributed by atoms with van der Waals surface area (Å²) in [6.45, 7) is 5.43. The summed E-state index contributed by atoms with van der Waals surface area (Å²) in [4.78, 5) is 15.5. The Morgan fingerprint density at radius 3 is 3.00 bits per heavy atom.